The molecule has 9 aromatic carbocycles. The Kier molecular flexibility index (Phi) is 6.60. The molecule has 0 radical (unpaired) electrons. The van der Waals surface area contributed by atoms with Crippen LogP contribution in [0.3, 0.4) is 0 Å². The van der Waals surface area contributed by atoms with Gasteiger partial charge in [0.15, 0.2) is 0 Å². The quantitative estimate of drug-likeness (QED) is 0.179. The molecule has 0 N–H and O–H groups in total. The lowest BCUT2D eigenvalue weighted by Gasteiger charge is -2.16. The number of nitrogens with zero attached hydrogens (tertiary/aromatic N) is 3. The second-order valence-corrected chi connectivity index (χ2v) is 16.4. The van der Waals surface area contributed by atoms with Gasteiger partial charge >= 0.3 is 0 Å². The van der Waals surface area contributed by atoms with Crippen LogP contribution in [0.25, 0.3) is 125 Å². The summed E-state index contributed by atoms with van der Waals surface area (Å²) in [5.41, 5.74) is 14.8. The molecule has 268 valence electrons. The number of hydrogen-bond acceptors (Lipinski definition) is 3. The van der Waals surface area contributed by atoms with Crippen molar-refractivity contribution in [3.63, 3.8) is 0 Å². The number of benzene rings is 9. The van der Waals surface area contributed by atoms with Gasteiger partial charge < -0.3 is 0 Å². The monoisotopic (exact) mass is 753 g/mol. The molecule has 13 rings (SSSR count). The average molecular weight is 754 g/mol. The van der Waals surface area contributed by atoms with E-state index in [-0.39, 0.29) is 0 Å². The Morgan fingerprint density at radius 2 is 0.966 bits per heavy atom. The zero-order chi connectivity index (χ0) is 37.9. The van der Waals surface area contributed by atoms with Crippen LogP contribution in [0.2, 0.25) is 0 Å². The second kappa shape index (κ2) is 12.1. The van der Waals surface area contributed by atoms with Crippen LogP contribution in [0, 0.1) is 0 Å². The van der Waals surface area contributed by atoms with Gasteiger partial charge in [0, 0.05) is 26.4 Å². The summed E-state index contributed by atoms with van der Waals surface area (Å²) in [6.45, 7) is 0. The van der Waals surface area contributed by atoms with E-state index in [0.717, 1.165) is 49.0 Å². The minimum absolute atomic E-state index is 0.665. The van der Waals surface area contributed by atoms with Crippen molar-refractivity contribution in [1.82, 2.24) is 14.5 Å². The van der Waals surface area contributed by atoms with Crippen LogP contribution >= 0.6 is 11.3 Å². The largest absolute Gasteiger partial charge is 0.278 e. The molecule has 0 amide bonds. The molecule has 0 unspecified atom stereocenters. The van der Waals surface area contributed by atoms with Crippen molar-refractivity contribution in [3.8, 4) is 61.7 Å². The molecule has 0 bridgehead atoms. The molecule has 3 aromatic heterocycles. The van der Waals surface area contributed by atoms with Crippen molar-refractivity contribution < 1.29 is 0 Å². The molecule has 3 heterocycles. The molecule has 0 fully saturated rings. The molecule has 3 nitrogen and oxygen atoms in total. The van der Waals surface area contributed by atoms with Crippen LogP contribution in [0.1, 0.15) is 0 Å². The third-order valence-corrected chi connectivity index (χ3v) is 13.3. The number of thiophene rings is 1. The van der Waals surface area contributed by atoms with Crippen LogP contribution in [-0.4, -0.2) is 14.5 Å². The second-order valence-electron chi connectivity index (χ2n) is 15.3. The Morgan fingerprint density at radius 1 is 0.379 bits per heavy atom. The first kappa shape index (κ1) is 31.8. The van der Waals surface area contributed by atoms with Gasteiger partial charge in [0.1, 0.15) is 0 Å². The minimum atomic E-state index is 0.665. The first-order valence-corrected chi connectivity index (χ1v) is 20.6. The molecular weight excluding hydrogens is 723 g/mol. The summed E-state index contributed by atoms with van der Waals surface area (Å²) >= 11 is 1.77. The fraction of sp³-hybridized carbons (Fsp3) is 0. The maximum absolute atomic E-state index is 5.67. The lowest BCUT2D eigenvalue weighted by molar-refractivity contribution is 1.02. The smallest absolute Gasteiger partial charge is 0.235 e. The van der Waals surface area contributed by atoms with E-state index in [1.54, 1.807) is 11.3 Å². The molecular formula is C54H31N3S. The van der Waals surface area contributed by atoms with Crippen molar-refractivity contribution in [1.29, 1.82) is 0 Å². The summed E-state index contributed by atoms with van der Waals surface area (Å²) in [6, 6.07) is 68.5. The Labute approximate surface area is 337 Å². The molecule has 0 saturated heterocycles. The summed E-state index contributed by atoms with van der Waals surface area (Å²) in [7, 11) is 0. The van der Waals surface area contributed by atoms with Crippen LogP contribution in [0.15, 0.2) is 188 Å². The third-order valence-electron chi connectivity index (χ3n) is 12.1. The average Bonchev–Trinajstić information content (AvgIpc) is 3.80. The zero-order valence-electron chi connectivity index (χ0n) is 31.1. The summed E-state index contributed by atoms with van der Waals surface area (Å²) in [4.78, 5) is 11.3. The van der Waals surface area contributed by atoms with Crippen LogP contribution in [0.5, 0.6) is 0 Å². The minimum Gasteiger partial charge on any atom is -0.278 e. The van der Waals surface area contributed by atoms with Gasteiger partial charge in [0.25, 0.3) is 0 Å². The van der Waals surface area contributed by atoms with E-state index in [1.165, 1.54) is 70.4 Å². The fourth-order valence-electron chi connectivity index (χ4n) is 9.50. The van der Waals surface area contributed by atoms with Gasteiger partial charge in [-0.1, -0.05) is 152 Å². The highest BCUT2D eigenvalue weighted by Crippen LogP contribution is 2.52. The van der Waals surface area contributed by atoms with Crippen molar-refractivity contribution in [3.05, 3.63) is 188 Å². The highest BCUT2D eigenvalue weighted by Gasteiger charge is 2.28. The molecule has 12 aromatic rings. The van der Waals surface area contributed by atoms with Gasteiger partial charge in [-0.25, -0.2) is 9.97 Å². The molecule has 0 spiro atoms. The highest BCUT2D eigenvalue weighted by molar-refractivity contribution is 7.26. The van der Waals surface area contributed by atoms with E-state index >= 15 is 0 Å². The van der Waals surface area contributed by atoms with Gasteiger partial charge in [-0.2, -0.15) is 0 Å². The first-order chi connectivity index (χ1) is 28.7. The standard InChI is InChI=1S/C54H31N3S/c1-3-13-32(14-4-1)38-28-43-40-22-11-19-35-20-12-23-41(48(35)40)44-29-39(33-15-5-2-6-16-33)31-46-50(44)49(43)45(30-38)57(46)54-55-51(37-26-25-34-17-7-8-18-36(34)27-37)53-52(56-54)42-21-9-10-24-47(42)58-53/h1-31H. The lowest BCUT2D eigenvalue weighted by atomic mass is 9.91. The Hall–Kier alpha value is -7.40. The molecule has 4 heteroatoms. The number of aromatic nitrogens is 3. The van der Waals surface area contributed by atoms with Crippen molar-refractivity contribution >= 4 is 75.0 Å². The van der Waals surface area contributed by atoms with Gasteiger partial charge in [0.05, 0.1) is 26.9 Å². The third kappa shape index (κ3) is 4.55. The normalized spacial score (nSPS) is 12.1. The Balaban J connectivity index is 1.24. The predicted molar refractivity (Wildman–Crippen MR) is 245 cm³/mol. The van der Waals surface area contributed by atoms with Crippen LogP contribution < -0.4 is 0 Å². The molecule has 0 aliphatic heterocycles. The lowest BCUT2D eigenvalue weighted by Crippen LogP contribution is -2.03. The van der Waals surface area contributed by atoms with E-state index in [4.69, 9.17) is 9.97 Å². The molecule has 1 aliphatic rings. The van der Waals surface area contributed by atoms with E-state index in [2.05, 4.69) is 193 Å². The molecule has 58 heavy (non-hydrogen) atoms. The van der Waals surface area contributed by atoms with Crippen molar-refractivity contribution in [2.45, 2.75) is 0 Å². The van der Waals surface area contributed by atoms with Gasteiger partial charge in [0.2, 0.25) is 5.95 Å². The van der Waals surface area contributed by atoms with E-state index in [0.29, 0.717) is 5.95 Å². The van der Waals surface area contributed by atoms with E-state index in [1.807, 2.05) is 0 Å². The van der Waals surface area contributed by atoms with E-state index < -0.39 is 0 Å². The summed E-state index contributed by atoms with van der Waals surface area (Å²) in [6.07, 6.45) is 0. The van der Waals surface area contributed by atoms with Crippen LogP contribution in [-0.2, 0) is 0 Å². The van der Waals surface area contributed by atoms with Crippen molar-refractivity contribution in [2.75, 3.05) is 0 Å². The summed E-state index contributed by atoms with van der Waals surface area (Å²) < 4.78 is 4.66. The predicted octanol–water partition coefficient (Wildman–Crippen LogP) is 14.9. The maximum Gasteiger partial charge on any atom is 0.235 e. The number of fused-ring (bicyclic) bond motifs is 6. The van der Waals surface area contributed by atoms with Crippen LogP contribution in [0.4, 0.5) is 0 Å². The molecule has 0 atom stereocenters. The van der Waals surface area contributed by atoms with E-state index in [9.17, 15) is 0 Å². The summed E-state index contributed by atoms with van der Waals surface area (Å²) in [5.74, 6) is 0.665. The van der Waals surface area contributed by atoms with Gasteiger partial charge in [-0.05, 0) is 102 Å². The maximum atomic E-state index is 5.67. The molecule has 0 saturated carbocycles. The topological polar surface area (TPSA) is 30.7 Å². The Bertz CT molecular complexity index is 3530. The van der Waals surface area contributed by atoms with Gasteiger partial charge in [-0.3, -0.25) is 4.57 Å². The Morgan fingerprint density at radius 3 is 1.64 bits per heavy atom. The number of rotatable bonds is 4. The van der Waals surface area contributed by atoms with Crippen molar-refractivity contribution in [2.24, 2.45) is 0 Å². The van der Waals surface area contributed by atoms with Gasteiger partial charge in [-0.15, -0.1) is 11.3 Å². The first-order valence-electron chi connectivity index (χ1n) is 19.7. The fourth-order valence-corrected chi connectivity index (χ4v) is 10.7. The molecule has 1 aliphatic carbocycles. The summed E-state index contributed by atoms with van der Waals surface area (Å²) in [5, 5.41) is 8.51. The number of hydrogen-bond donors (Lipinski definition) is 0. The zero-order valence-corrected chi connectivity index (χ0v) is 32.0. The SMILES string of the molecule is c1ccc(-c2cc3c4c5c(cc(-c6ccccc6)cc5n(-c5nc(-c6ccc7ccccc7c6)c6sc7ccccc7c6n5)c4c2)-c2cccc4cccc-3c24)cc1. The highest BCUT2D eigenvalue weighted by atomic mass is 32.1.